The maximum absolute atomic E-state index is 8.60. The average Bonchev–Trinajstić information content (AvgIpc) is 2.33. The molecule has 0 aliphatic heterocycles. The van der Waals surface area contributed by atoms with Gasteiger partial charge in [0.2, 0.25) is 0 Å². The van der Waals surface area contributed by atoms with Gasteiger partial charge in [0.05, 0.1) is 12.5 Å². The highest BCUT2D eigenvalue weighted by Gasteiger charge is 2.03. The second-order valence-corrected chi connectivity index (χ2v) is 4.13. The van der Waals surface area contributed by atoms with Crippen LogP contribution in [-0.4, -0.2) is 19.1 Å². The molecule has 3 heteroatoms. The number of hydrogen-bond donors (Lipinski definition) is 1. The molecule has 0 heterocycles. The average molecular weight is 231 g/mol. The van der Waals surface area contributed by atoms with Gasteiger partial charge in [-0.1, -0.05) is 0 Å². The third-order valence-electron chi connectivity index (χ3n) is 2.81. The van der Waals surface area contributed by atoms with Crippen LogP contribution in [0.3, 0.4) is 0 Å². The van der Waals surface area contributed by atoms with Crippen LogP contribution >= 0.6 is 0 Å². The van der Waals surface area contributed by atoms with E-state index in [-0.39, 0.29) is 6.04 Å². The lowest BCUT2D eigenvalue weighted by Crippen LogP contribution is -2.21. The molecular weight excluding hydrogens is 210 g/mol. The molecule has 0 aliphatic rings. The Morgan fingerprint density at radius 2 is 1.82 bits per heavy atom. The van der Waals surface area contributed by atoms with Crippen LogP contribution in [0, 0.1) is 11.3 Å². The maximum atomic E-state index is 8.60. The van der Waals surface area contributed by atoms with Crippen LogP contribution in [0.15, 0.2) is 24.3 Å². The summed E-state index contributed by atoms with van der Waals surface area (Å²) >= 11 is 0. The lowest BCUT2D eigenvalue weighted by Gasteiger charge is -2.21. The minimum atomic E-state index is 0.194. The number of rotatable bonds is 6. The molecule has 1 aromatic carbocycles. The minimum Gasteiger partial charge on any atom is -0.382 e. The first-order chi connectivity index (χ1) is 8.21. The summed E-state index contributed by atoms with van der Waals surface area (Å²) in [6, 6.07) is 10.7. The van der Waals surface area contributed by atoms with E-state index in [0.717, 1.165) is 18.8 Å². The van der Waals surface area contributed by atoms with Crippen molar-refractivity contribution in [3.63, 3.8) is 0 Å². The zero-order valence-corrected chi connectivity index (χ0v) is 10.9. The molecule has 0 aromatic heterocycles. The van der Waals surface area contributed by atoms with Gasteiger partial charge in [-0.15, -0.1) is 0 Å². The van der Waals surface area contributed by atoms with Gasteiger partial charge in [0.1, 0.15) is 0 Å². The van der Waals surface area contributed by atoms with Crippen LogP contribution in [-0.2, 0) is 0 Å². The Bertz CT molecular complexity index is 360. The Labute approximate surface area is 104 Å². The molecule has 0 spiro atoms. The molecule has 1 atom stereocenters. The van der Waals surface area contributed by atoms with Gasteiger partial charge in [0.15, 0.2) is 0 Å². The number of anilines is 2. The molecule has 0 amide bonds. The number of nitrogens with zero attached hydrogens (tertiary/aromatic N) is 2. The molecule has 0 saturated carbocycles. The van der Waals surface area contributed by atoms with Gasteiger partial charge >= 0.3 is 0 Å². The molecule has 1 rings (SSSR count). The van der Waals surface area contributed by atoms with Crippen LogP contribution in [0.1, 0.15) is 27.2 Å². The topological polar surface area (TPSA) is 39.1 Å². The Hall–Kier alpha value is -1.69. The van der Waals surface area contributed by atoms with E-state index in [1.54, 1.807) is 0 Å². The summed E-state index contributed by atoms with van der Waals surface area (Å²) in [7, 11) is 0. The Morgan fingerprint density at radius 3 is 2.29 bits per heavy atom. The first-order valence-electron chi connectivity index (χ1n) is 6.19. The zero-order valence-electron chi connectivity index (χ0n) is 10.9. The van der Waals surface area contributed by atoms with Crippen LogP contribution < -0.4 is 10.2 Å². The molecule has 3 nitrogen and oxygen atoms in total. The Morgan fingerprint density at radius 1 is 1.24 bits per heavy atom. The molecular formula is C14H21N3. The van der Waals surface area contributed by atoms with Gasteiger partial charge in [-0.2, -0.15) is 5.26 Å². The molecule has 1 aromatic rings. The van der Waals surface area contributed by atoms with Crippen molar-refractivity contribution in [3.05, 3.63) is 24.3 Å². The van der Waals surface area contributed by atoms with Gasteiger partial charge in [0.25, 0.3) is 0 Å². The smallest absolute Gasteiger partial charge is 0.0643 e. The summed E-state index contributed by atoms with van der Waals surface area (Å²) in [6.45, 7) is 8.37. The minimum absolute atomic E-state index is 0.194. The second kappa shape index (κ2) is 6.80. The van der Waals surface area contributed by atoms with Gasteiger partial charge in [-0.05, 0) is 45.0 Å². The normalized spacial score (nSPS) is 11.6. The SMILES string of the molecule is CCN(CC)c1ccc(NC(C)CC#N)cc1. The summed E-state index contributed by atoms with van der Waals surface area (Å²) in [5.41, 5.74) is 2.32. The summed E-state index contributed by atoms with van der Waals surface area (Å²) in [4.78, 5) is 2.31. The van der Waals surface area contributed by atoms with E-state index in [9.17, 15) is 0 Å². The van der Waals surface area contributed by atoms with Gasteiger partial charge in [0, 0.05) is 30.5 Å². The highest BCUT2D eigenvalue weighted by Crippen LogP contribution is 2.18. The first-order valence-corrected chi connectivity index (χ1v) is 6.19. The highest BCUT2D eigenvalue weighted by molar-refractivity contribution is 5.55. The first kappa shape index (κ1) is 13.4. The van der Waals surface area contributed by atoms with Gasteiger partial charge < -0.3 is 10.2 Å². The van der Waals surface area contributed by atoms with Crippen LogP contribution in [0.5, 0.6) is 0 Å². The fraction of sp³-hybridized carbons (Fsp3) is 0.500. The van der Waals surface area contributed by atoms with E-state index in [4.69, 9.17) is 5.26 Å². The molecule has 0 radical (unpaired) electrons. The van der Waals surface area contributed by atoms with Gasteiger partial charge in [-0.3, -0.25) is 0 Å². The number of hydrogen-bond acceptors (Lipinski definition) is 3. The fourth-order valence-corrected chi connectivity index (χ4v) is 1.83. The lowest BCUT2D eigenvalue weighted by molar-refractivity contribution is 0.820. The zero-order chi connectivity index (χ0) is 12.7. The summed E-state index contributed by atoms with van der Waals surface area (Å²) < 4.78 is 0. The third-order valence-corrected chi connectivity index (χ3v) is 2.81. The summed E-state index contributed by atoms with van der Waals surface area (Å²) in [5.74, 6) is 0. The van der Waals surface area contributed by atoms with Gasteiger partial charge in [-0.25, -0.2) is 0 Å². The second-order valence-electron chi connectivity index (χ2n) is 4.13. The van der Waals surface area contributed by atoms with E-state index in [0.29, 0.717) is 6.42 Å². The number of nitrogens with one attached hydrogen (secondary N) is 1. The molecule has 0 saturated heterocycles. The molecule has 0 fully saturated rings. The van der Waals surface area contributed by atoms with E-state index >= 15 is 0 Å². The van der Waals surface area contributed by atoms with Crippen molar-refractivity contribution in [2.45, 2.75) is 33.2 Å². The van der Waals surface area contributed by atoms with E-state index in [2.05, 4.69) is 54.4 Å². The van der Waals surface area contributed by atoms with Crippen LogP contribution in [0.25, 0.3) is 0 Å². The molecule has 1 unspecified atom stereocenters. The maximum Gasteiger partial charge on any atom is 0.0643 e. The molecule has 0 bridgehead atoms. The largest absolute Gasteiger partial charge is 0.382 e. The van der Waals surface area contributed by atoms with Crippen molar-refractivity contribution < 1.29 is 0 Å². The lowest BCUT2D eigenvalue weighted by atomic mass is 10.2. The van der Waals surface area contributed by atoms with E-state index in [1.807, 2.05) is 6.92 Å². The van der Waals surface area contributed by atoms with E-state index < -0.39 is 0 Å². The molecule has 17 heavy (non-hydrogen) atoms. The van der Waals surface area contributed by atoms with Crippen LogP contribution in [0.2, 0.25) is 0 Å². The monoisotopic (exact) mass is 231 g/mol. The number of nitriles is 1. The van der Waals surface area contributed by atoms with Crippen molar-refractivity contribution in [1.82, 2.24) is 0 Å². The van der Waals surface area contributed by atoms with Crippen molar-refractivity contribution in [1.29, 1.82) is 5.26 Å². The quantitative estimate of drug-likeness (QED) is 0.817. The number of benzene rings is 1. The Balaban J connectivity index is 2.65. The van der Waals surface area contributed by atoms with E-state index in [1.165, 1.54) is 5.69 Å². The highest BCUT2D eigenvalue weighted by atomic mass is 15.1. The van der Waals surface area contributed by atoms with Crippen molar-refractivity contribution >= 4 is 11.4 Å². The standard InChI is InChI=1S/C14H21N3/c1-4-17(5-2)14-8-6-13(7-9-14)16-12(3)10-11-15/h6-9,12,16H,4-5,10H2,1-3H3. The fourth-order valence-electron chi connectivity index (χ4n) is 1.83. The molecule has 92 valence electrons. The van der Waals surface area contributed by atoms with Crippen molar-refractivity contribution in [2.75, 3.05) is 23.3 Å². The van der Waals surface area contributed by atoms with Crippen molar-refractivity contribution in [2.24, 2.45) is 0 Å². The summed E-state index contributed by atoms with van der Waals surface area (Å²) in [6.07, 6.45) is 0.526. The molecule has 1 N–H and O–H groups in total. The summed E-state index contributed by atoms with van der Waals surface area (Å²) in [5, 5.41) is 11.9. The predicted octanol–water partition coefficient (Wildman–Crippen LogP) is 3.25. The van der Waals surface area contributed by atoms with Crippen LogP contribution in [0.4, 0.5) is 11.4 Å². The molecule has 0 aliphatic carbocycles. The third kappa shape index (κ3) is 3.99. The Kier molecular flexibility index (Phi) is 5.35. The van der Waals surface area contributed by atoms with Crippen molar-refractivity contribution in [3.8, 4) is 6.07 Å². The predicted molar refractivity (Wildman–Crippen MR) is 73.3 cm³/mol.